The second-order valence-electron chi connectivity index (χ2n) is 8.14. The van der Waals surface area contributed by atoms with E-state index in [0.717, 1.165) is 34.2 Å². The summed E-state index contributed by atoms with van der Waals surface area (Å²) in [7, 11) is 0. The zero-order valence-corrected chi connectivity index (χ0v) is 23.4. The maximum Gasteiger partial charge on any atom is 0.293 e. The highest BCUT2D eigenvalue weighted by Gasteiger charge is 2.35. The Bertz CT molecular complexity index is 1340. The van der Waals surface area contributed by atoms with Crippen molar-refractivity contribution in [3.63, 3.8) is 0 Å². The average Bonchev–Trinajstić information content (AvgIpc) is 3.09. The lowest BCUT2D eigenvalue weighted by Crippen LogP contribution is -2.32. The first-order valence-corrected chi connectivity index (χ1v) is 13.4. The number of halogens is 3. The monoisotopic (exact) mass is 605 g/mol. The van der Waals surface area contributed by atoms with Gasteiger partial charge >= 0.3 is 0 Å². The molecule has 0 atom stereocenters. The second-order valence-corrected chi connectivity index (χ2v) is 10.8. The van der Waals surface area contributed by atoms with Crippen LogP contribution in [-0.4, -0.2) is 29.2 Å². The Morgan fingerprint density at radius 3 is 2.53 bits per heavy atom. The minimum Gasteiger partial charge on any atom is -0.491 e. The van der Waals surface area contributed by atoms with Gasteiger partial charge in [0.1, 0.15) is 19.0 Å². The summed E-state index contributed by atoms with van der Waals surface area (Å²) >= 11 is 17.0. The van der Waals surface area contributed by atoms with Crippen molar-refractivity contribution < 1.29 is 19.1 Å². The highest BCUT2D eigenvalue weighted by Crippen LogP contribution is 2.38. The van der Waals surface area contributed by atoms with Gasteiger partial charge in [0.05, 0.1) is 20.9 Å². The van der Waals surface area contributed by atoms with Gasteiger partial charge in [-0.1, -0.05) is 53.5 Å². The van der Waals surface area contributed by atoms with Crippen molar-refractivity contribution >= 4 is 68.1 Å². The van der Waals surface area contributed by atoms with Crippen LogP contribution in [0.4, 0.5) is 4.79 Å². The van der Waals surface area contributed by atoms with E-state index in [-0.39, 0.29) is 30.9 Å². The predicted octanol–water partition coefficient (Wildman–Crippen LogP) is 8.07. The zero-order chi connectivity index (χ0) is 25.8. The van der Waals surface area contributed by atoms with Crippen LogP contribution in [0.25, 0.3) is 6.08 Å². The summed E-state index contributed by atoms with van der Waals surface area (Å²) in [5.74, 6) is 0.847. The molecule has 0 N–H and O–H groups in total. The van der Waals surface area contributed by atoms with Crippen molar-refractivity contribution in [3.05, 3.63) is 96.3 Å². The minimum absolute atomic E-state index is 0.161. The molecule has 1 heterocycles. The first kappa shape index (κ1) is 26.6. The van der Waals surface area contributed by atoms with Gasteiger partial charge in [-0.05, 0) is 88.6 Å². The number of thioether (sulfide) groups is 1. The molecule has 9 heteroatoms. The number of rotatable bonds is 8. The molecule has 0 radical (unpaired) electrons. The minimum atomic E-state index is -0.360. The standard InChI is InChI=1S/C27H22BrCl2NO4S/c1-16-7-8-17(2)23(11-16)34-10-9-31-26(32)24(36-27(31)33)14-18-12-20(28)25(22(30)13-18)35-15-19-5-3-4-6-21(19)29/h3-8,11-14H,9-10,15H2,1-2H3/b24-14-. The summed E-state index contributed by atoms with van der Waals surface area (Å²) in [4.78, 5) is 26.9. The Hall–Kier alpha value is -2.45. The van der Waals surface area contributed by atoms with Crippen LogP contribution in [-0.2, 0) is 11.4 Å². The van der Waals surface area contributed by atoms with Crippen molar-refractivity contribution in [3.8, 4) is 11.5 Å². The summed E-state index contributed by atoms with van der Waals surface area (Å²) in [6.07, 6.45) is 1.64. The number of benzene rings is 3. The average molecular weight is 607 g/mol. The van der Waals surface area contributed by atoms with Gasteiger partial charge in [0, 0.05) is 10.6 Å². The van der Waals surface area contributed by atoms with Crippen molar-refractivity contribution in [2.75, 3.05) is 13.2 Å². The summed E-state index contributed by atoms with van der Waals surface area (Å²) in [6, 6.07) is 16.8. The Labute approximate surface area is 232 Å². The van der Waals surface area contributed by atoms with Gasteiger partial charge in [-0.25, -0.2) is 0 Å². The van der Waals surface area contributed by atoms with Gasteiger partial charge in [-0.3, -0.25) is 14.5 Å². The predicted molar refractivity (Wildman–Crippen MR) is 149 cm³/mol. The second kappa shape index (κ2) is 11.7. The molecule has 0 spiro atoms. The number of ether oxygens (including phenoxy) is 2. The van der Waals surface area contributed by atoms with Crippen LogP contribution in [0.3, 0.4) is 0 Å². The van der Waals surface area contributed by atoms with Gasteiger partial charge in [-0.15, -0.1) is 0 Å². The summed E-state index contributed by atoms with van der Waals surface area (Å²) < 4.78 is 12.3. The quantitative estimate of drug-likeness (QED) is 0.243. The molecule has 1 saturated heterocycles. The van der Waals surface area contributed by atoms with Gasteiger partial charge in [-0.2, -0.15) is 0 Å². The van der Waals surface area contributed by atoms with Crippen LogP contribution in [0, 0.1) is 13.8 Å². The lowest BCUT2D eigenvalue weighted by molar-refractivity contribution is -0.123. The van der Waals surface area contributed by atoms with E-state index in [0.29, 0.717) is 30.7 Å². The van der Waals surface area contributed by atoms with E-state index < -0.39 is 0 Å². The molecule has 1 fully saturated rings. The van der Waals surface area contributed by atoms with E-state index in [1.165, 1.54) is 4.90 Å². The molecule has 3 aromatic rings. The van der Waals surface area contributed by atoms with E-state index in [4.69, 9.17) is 32.7 Å². The molecular formula is C27H22BrCl2NO4S. The molecule has 1 aliphatic rings. The van der Waals surface area contributed by atoms with Crippen molar-refractivity contribution in [1.29, 1.82) is 0 Å². The molecule has 0 saturated carbocycles. The first-order chi connectivity index (χ1) is 17.2. The molecule has 0 unspecified atom stereocenters. The van der Waals surface area contributed by atoms with Gasteiger partial charge in [0.15, 0.2) is 5.75 Å². The lowest BCUT2D eigenvalue weighted by atomic mass is 10.1. The van der Waals surface area contributed by atoms with Gasteiger partial charge < -0.3 is 9.47 Å². The van der Waals surface area contributed by atoms with Gasteiger partial charge in [0.25, 0.3) is 11.1 Å². The summed E-state index contributed by atoms with van der Waals surface area (Å²) in [6.45, 7) is 4.56. The Morgan fingerprint density at radius 1 is 1.00 bits per heavy atom. The van der Waals surface area contributed by atoms with Gasteiger partial charge in [0.2, 0.25) is 0 Å². The fourth-order valence-corrected chi connectivity index (χ4v) is 5.56. The Kier molecular flexibility index (Phi) is 8.67. The van der Waals surface area contributed by atoms with E-state index in [1.54, 1.807) is 24.3 Å². The van der Waals surface area contributed by atoms with E-state index in [2.05, 4.69) is 15.9 Å². The number of aryl methyl sites for hydroxylation is 2. The zero-order valence-electron chi connectivity index (χ0n) is 19.5. The van der Waals surface area contributed by atoms with Crippen molar-refractivity contribution in [2.24, 2.45) is 0 Å². The molecular weight excluding hydrogens is 585 g/mol. The van der Waals surface area contributed by atoms with Crippen LogP contribution in [0.1, 0.15) is 22.3 Å². The number of amides is 2. The number of hydrogen-bond acceptors (Lipinski definition) is 5. The van der Waals surface area contributed by atoms with Crippen LogP contribution >= 0.6 is 50.9 Å². The highest BCUT2D eigenvalue weighted by molar-refractivity contribution is 9.10. The third-order valence-corrected chi connectivity index (χ3v) is 7.58. The molecule has 1 aliphatic heterocycles. The molecule has 0 aliphatic carbocycles. The molecule has 36 heavy (non-hydrogen) atoms. The maximum atomic E-state index is 12.9. The molecule has 2 amide bonds. The first-order valence-electron chi connectivity index (χ1n) is 11.0. The van der Waals surface area contributed by atoms with E-state index >= 15 is 0 Å². The third kappa shape index (κ3) is 6.27. The summed E-state index contributed by atoms with van der Waals surface area (Å²) in [5, 5.41) is 0.640. The molecule has 4 rings (SSSR count). The normalized spacial score (nSPS) is 14.6. The van der Waals surface area contributed by atoms with E-state index in [1.807, 2.05) is 50.2 Å². The van der Waals surface area contributed by atoms with Crippen LogP contribution < -0.4 is 9.47 Å². The topological polar surface area (TPSA) is 55.8 Å². The molecule has 3 aromatic carbocycles. The number of imide groups is 1. The smallest absolute Gasteiger partial charge is 0.293 e. The maximum absolute atomic E-state index is 12.9. The third-order valence-electron chi connectivity index (χ3n) is 5.44. The SMILES string of the molecule is Cc1ccc(C)c(OCCN2C(=O)S/C(=C\c3cc(Cl)c(OCc4ccccc4Cl)c(Br)c3)C2=O)c1. The van der Waals surface area contributed by atoms with Crippen LogP contribution in [0.2, 0.25) is 10.0 Å². The molecule has 0 aromatic heterocycles. The van der Waals surface area contributed by atoms with Crippen LogP contribution in [0.15, 0.2) is 64.0 Å². The highest BCUT2D eigenvalue weighted by atomic mass is 79.9. The lowest BCUT2D eigenvalue weighted by Gasteiger charge is -2.14. The van der Waals surface area contributed by atoms with Crippen molar-refractivity contribution in [2.45, 2.75) is 20.5 Å². The Balaban J connectivity index is 1.42. The Morgan fingerprint density at radius 2 is 1.78 bits per heavy atom. The molecule has 186 valence electrons. The van der Waals surface area contributed by atoms with Crippen LogP contribution in [0.5, 0.6) is 11.5 Å². The van der Waals surface area contributed by atoms with E-state index in [9.17, 15) is 9.59 Å². The number of nitrogens with zero attached hydrogens (tertiary/aromatic N) is 1. The number of carbonyl (C=O) groups excluding carboxylic acids is 2. The fraction of sp³-hybridized carbons (Fsp3) is 0.185. The summed E-state index contributed by atoms with van der Waals surface area (Å²) in [5.41, 5.74) is 3.57. The number of hydrogen-bond donors (Lipinski definition) is 0. The largest absolute Gasteiger partial charge is 0.491 e. The van der Waals surface area contributed by atoms with Crippen molar-refractivity contribution in [1.82, 2.24) is 4.90 Å². The fourth-order valence-electron chi connectivity index (χ4n) is 3.52. The number of carbonyl (C=O) groups is 2. The molecule has 5 nitrogen and oxygen atoms in total. The molecule has 0 bridgehead atoms.